The monoisotopic (exact) mass is 445 g/mol. The molecule has 33 heavy (non-hydrogen) atoms. The van der Waals surface area contributed by atoms with Crippen molar-refractivity contribution in [3.63, 3.8) is 0 Å². The van der Waals surface area contributed by atoms with Crippen molar-refractivity contribution in [3.8, 4) is 17.2 Å². The van der Waals surface area contributed by atoms with E-state index in [4.69, 9.17) is 14.2 Å². The Balaban J connectivity index is 1.49. The lowest BCUT2D eigenvalue weighted by molar-refractivity contribution is -0.384. The highest BCUT2D eigenvalue weighted by molar-refractivity contribution is 6.15. The van der Waals surface area contributed by atoms with Gasteiger partial charge in [-0.25, -0.2) is 0 Å². The first-order valence-electron chi connectivity index (χ1n) is 9.99. The van der Waals surface area contributed by atoms with Crippen LogP contribution in [0.2, 0.25) is 0 Å². The number of benzene rings is 3. The van der Waals surface area contributed by atoms with Gasteiger partial charge >= 0.3 is 0 Å². The van der Waals surface area contributed by atoms with Crippen molar-refractivity contribution in [2.45, 2.75) is 6.92 Å². The highest BCUT2D eigenvalue weighted by atomic mass is 16.6. The molecule has 1 aliphatic heterocycles. The van der Waals surface area contributed by atoms with Gasteiger partial charge in [-0.2, -0.15) is 0 Å². The Kier molecular flexibility index (Phi) is 5.91. The molecule has 8 heteroatoms. The number of nitrogens with zero attached hydrogens (tertiary/aromatic N) is 1. The number of non-ortho nitro benzene ring substituents is 1. The molecule has 166 valence electrons. The number of ether oxygens (including phenoxy) is 3. The van der Waals surface area contributed by atoms with Crippen molar-refractivity contribution in [2.24, 2.45) is 0 Å². The second-order valence-corrected chi connectivity index (χ2v) is 7.34. The smallest absolute Gasteiger partial charge is 0.269 e. The summed E-state index contributed by atoms with van der Waals surface area (Å²) in [6.07, 6.45) is 1.53. The number of fused-ring (bicyclic) bond motifs is 1. The molecule has 0 fully saturated rings. The van der Waals surface area contributed by atoms with Crippen LogP contribution in [-0.4, -0.2) is 30.2 Å². The number of hydrogen-bond acceptors (Lipinski definition) is 7. The number of rotatable bonds is 7. The molecule has 0 amide bonds. The summed E-state index contributed by atoms with van der Waals surface area (Å²) in [5.41, 5.74) is 2.11. The standard InChI is InChI=1S/C25H19NO7/c1-15-11-20(32-14-21(27)17-5-9-19(31-2)10-6-17)13-22-24(15)25(28)23(33-22)12-16-3-7-18(8-4-16)26(29)30/h3-13H,14H2,1-2H3/b23-12-. The van der Waals surface area contributed by atoms with Crippen LogP contribution < -0.4 is 14.2 Å². The van der Waals surface area contributed by atoms with E-state index in [0.717, 1.165) is 0 Å². The summed E-state index contributed by atoms with van der Waals surface area (Å²) < 4.78 is 16.5. The van der Waals surface area contributed by atoms with Crippen LogP contribution in [0.25, 0.3) is 6.08 Å². The Hall–Kier alpha value is -4.46. The summed E-state index contributed by atoms with van der Waals surface area (Å²) in [4.78, 5) is 35.5. The molecule has 8 nitrogen and oxygen atoms in total. The highest BCUT2D eigenvalue weighted by Crippen LogP contribution is 2.37. The maximum Gasteiger partial charge on any atom is 0.269 e. The van der Waals surface area contributed by atoms with Crippen molar-refractivity contribution in [3.05, 3.63) is 98.8 Å². The molecule has 0 radical (unpaired) electrons. The molecule has 0 spiro atoms. The number of carbonyl (C=O) groups is 2. The zero-order valence-electron chi connectivity index (χ0n) is 17.9. The summed E-state index contributed by atoms with van der Waals surface area (Å²) in [6, 6.07) is 15.8. The van der Waals surface area contributed by atoms with Gasteiger partial charge in [0.1, 0.15) is 17.2 Å². The molecule has 0 atom stereocenters. The minimum Gasteiger partial charge on any atom is -0.497 e. The average Bonchev–Trinajstić information content (AvgIpc) is 3.13. The van der Waals surface area contributed by atoms with Crippen LogP contribution in [0, 0.1) is 17.0 Å². The lowest BCUT2D eigenvalue weighted by Crippen LogP contribution is -2.11. The maximum atomic E-state index is 12.8. The summed E-state index contributed by atoms with van der Waals surface area (Å²) in [5, 5.41) is 10.8. The van der Waals surface area contributed by atoms with Crippen molar-refractivity contribution in [1.82, 2.24) is 0 Å². The summed E-state index contributed by atoms with van der Waals surface area (Å²) in [5.74, 6) is 1.00. The van der Waals surface area contributed by atoms with E-state index < -0.39 is 4.92 Å². The molecule has 1 heterocycles. The quantitative estimate of drug-likeness (QED) is 0.223. The van der Waals surface area contributed by atoms with Crippen LogP contribution in [0.4, 0.5) is 5.69 Å². The van der Waals surface area contributed by atoms with E-state index in [2.05, 4.69) is 0 Å². The number of aryl methyl sites for hydroxylation is 1. The molecule has 3 aromatic rings. The Morgan fingerprint density at radius 2 is 1.76 bits per heavy atom. The zero-order chi connectivity index (χ0) is 23.5. The van der Waals surface area contributed by atoms with Gasteiger partial charge in [-0.05, 0) is 66.6 Å². The maximum absolute atomic E-state index is 12.8. The van der Waals surface area contributed by atoms with Crippen molar-refractivity contribution < 1.29 is 28.7 Å². The number of allylic oxidation sites excluding steroid dienone is 1. The topological polar surface area (TPSA) is 105 Å². The lowest BCUT2D eigenvalue weighted by atomic mass is 10.0. The van der Waals surface area contributed by atoms with Crippen LogP contribution in [0.15, 0.2) is 66.4 Å². The zero-order valence-corrected chi connectivity index (χ0v) is 17.9. The van der Waals surface area contributed by atoms with Gasteiger partial charge in [-0.1, -0.05) is 0 Å². The number of nitro benzene ring substituents is 1. The van der Waals surface area contributed by atoms with E-state index in [-0.39, 0.29) is 29.6 Å². The fourth-order valence-electron chi connectivity index (χ4n) is 3.41. The molecular formula is C25H19NO7. The van der Waals surface area contributed by atoms with Gasteiger partial charge in [0.05, 0.1) is 17.6 Å². The number of nitro groups is 1. The van der Waals surface area contributed by atoms with Crippen LogP contribution >= 0.6 is 0 Å². The third kappa shape index (κ3) is 4.59. The third-order valence-electron chi connectivity index (χ3n) is 5.13. The van der Waals surface area contributed by atoms with Crippen molar-refractivity contribution in [1.29, 1.82) is 0 Å². The van der Waals surface area contributed by atoms with E-state index >= 15 is 0 Å². The normalized spacial score (nSPS) is 13.4. The van der Waals surface area contributed by atoms with Crippen LogP contribution in [0.5, 0.6) is 17.2 Å². The molecule has 0 saturated carbocycles. The van der Waals surface area contributed by atoms with Crippen LogP contribution in [0.3, 0.4) is 0 Å². The SMILES string of the molecule is COc1ccc(C(=O)COc2cc(C)c3c(c2)O/C(=C\c2ccc([N+](=O)[O-])cc2)C3=O)cc1. The Labute approximate surface area is 189 Å². The highest BCUT2D eigenvalue weighted by Gasteiger charge is 2.30. The van der Waals surface area contributed by atoms with Gasteiger partial charge in [0.25, 0.3) is 5.69 Å². The molecular weight excluding hydrogens is 426 g/mol. The van der Waals surface area contributed by atoms with Gasteiger partial charge in [-0.15, -0.1) is 0 Å². The van der Waals surface area contributed by atoms with Crippen molar-refractivity contribution in [2.75, 3.05) is 13.7 Å². The van der Waals surface area contributed by atoms with Gasteiger partial charge in [0.2, 0.25) is 5.78 Å². The van der Waals surface area contributed by atoms with E-state index in [1.807, 2.05) is 0 Å². The molecule has 0 N–H and O–H groups in total. The number of methoxy groups -OCH3 is 1. The summed E-state index contributed by atoms with van der Waals surface area (Å²) >= 11 is 0. The average molecular weight is 445 g/mol. The molecule has 0 unspecified atom stereocenters. The molecule has 4 rings (SSSR count). The first-order chi connectivity index (χ1) is 15.9. The van der Waals surface area contributed by atoms with E-state index in [1.165, 1.54) is 30.3 Å². The Morgan fingerprint density at radius 1 is 1.06 bits per heavy atom. The predicted octanol–water partition coefficient (Wildman–Crippen LogP) is 4.79. The number of ketones is 2. The second kappa shape index (κ2) is 8.96. The third-order valence-corrected chi connectivity index (χ3v) is 5.13. The number of Topliss-reactive ketones (excluding diaryl/α,β-unsaturated/α-hetero) is 2. The van der Waals surface area contributed by atoms with E-state index in [9.17, 15) is 19.7 Å². The molecule has 0 aromatic heterocycles. The molecule has 1 aliphatic rings. The Morgan fingerprint density at radius 3 is 2.39 bits per heavy atom. The predicted molar refractivity (Wildman–Crippen MR) is 120 cm³/mol. The van der Waals surface area contributed by atoms with Gasteiger partial charge in [0, 0.05) is 23.8 Å². The summed E-state index contributed by atoms with van der Waals surface area (Å²) in [6.45, 7) is 1.58. The van der Waals surface area contributed by atoms with Gasteiger partial charge in [-0.3, -0.25) is 19.7 Å². The molecule has 0 saturated heterocycles. The first-order valence-corrected chi connectivity index (χ1v) is 9.99. The molecule has 0 bridgehead atoms. The van der Waals surface area contributed by atoms with E-state index in [1.54, 1.807) is 50.4 Å². The minimum atomic E-state index is -0.492. The Bertz CT molecular complexity index is 1280. The van der Waals surface area contributed by atoms with Crippen molar-refractivity contribution >= 4 is 23.3 Å². The fraction of sp³-hybridized carbons (Fsp3) is 0.120. The second-order valence-electron chi connectivity index (χ2n) is 7.34. The molecule has 0 aliphatic carbocycles. The van der Waals surface area contributed by atoms with Crippen LogP contribution in [0.1, 0.15) is 31.8 Å². The molecule has 3 aromatic carbocycles. The number of carbonyl (C=O) groups excluding carboxylic acids is 2. The fourth-order valence-corrected chi connectivity index (χ4v) is 3.41. The van der Waals surface area contributed by atoms with Gasteiger partial charge in [0.15, 0.2) is 18.1 Å². The van der Waals surface area contributed by atoms with E-state index in [0.29, 0.717) is 39.5 Å². The summed E-state index contributed by atoms with van der Waals surface area (Å²) in [7, 11) is 1.55. The van der Waals surface area contributed by atoms with Crippen LogP contribution in [-0.2, 0) is 0 Å². The van der Waals surface area contributed by atoms with Gasteiger partial charge < -0.3 is 14.2 Å². The lowest BCUT2D eigenvalue weighted by Gasteiger charge is -2.09. The largest absolute Gasteiger partial charge is 0.497 e. The minimum absolute atomic E-state index is 0.0408. The first kappa shape index (κ1) is 21.8. The number of hydrogen-bond donors (Lipinski definition) is 0.